The van der Waals surface area contributed by atoms with Crippen LogP contribution in [0.25, 0.3) is 12.2 Å². The molecular weight excluding hydrogens is 276 g/mol. The molecular formula is C15H14O6. The van der Waals surface area contributed by atoms with Gasteiger partial charge in [0.2, 0.25) is 5.75 Å². The van der Waals surface area contributed by atoms with Gasteiger partial charge >= 0.3 is 5.63 Å². The lowest BCUT2D eigenvalue weighted by molar-refractivity contribution is 0.340. The molecule has 0 fully saturated rings. The molecule has 0 saturated heterocycles. The number of ether oxygens (including phenoxy) is 2. The molecule has 0 atom stereocenters. The maximum Gasteiger partial charge on any atom is 0.339 e. The van der Waals surface area contributed by atoms with E-state index in [2.05, 4.69) is 0 Å². The minimum absolute atomic E-state index is 0.0963. The zero-order chi connectivity index (χ0) is 15.4. The van der Waals surface area contributed by atoms with Gasteiger partial charge in [0.05, 0.1) is 20.3 Å². The Hall–Kier alpha value is -2.89. The molecule has 6 heteroatoms. The summed E-state index contributed by atoms with van der Waals surface area (Å²) in [5, 5.41) is 19.1. The first kappa shape index (κ1) is 14.5. The third kappa shape index (κ3) is 3.36. The molecule has 1 aromatic heterocycles. The van der Waals surface area contributed by atoms with Gasteiger partial charge in [0, 0.05) is 6.07 Å². The van der Waals surface area contributed by atoms with Crippen molar-refractivity contribution >= 4 is 12.2 Å². The van der Waals surface area contributed by atoms with Crippen LogP contribution in [-0.4, -0.2) is 24.4 Å². The van der Waals surface area contributed by atoms with E-state index < -0.39 is 5.63 Å². The van der Waals surface area contributed by atoms with Crippen LogP contribution in [-0.2, 0) is 0 Å². The van der Waals surface area contributed by atoms with Crippen molar-refractivity contribution in [3.8, 4) is 23.0 Å². The fraction of sp³-hybridized carbons (Fsp3) is 0.133. The number of benzene rings is 1. The number of hydrogen-bond acceptors (Lipinski definition) is 6. The van der Waals surface area contributed by atoms with E-state index in [9.17, 15) is 15.0 Å². The highest BCUT2D eigenvalue weighted by Crippen LogP contribution is 2.37. The van der Waals surface area contributed by atoms with Gasteiger partial charge in [-0.3, -0.25) is 0 Å². The molecule has 21 heavy (non-hydrogen) atoms. The van der Waals surface area contributed by atoms with Crippen molar-refractivity contribution in [2.75, 3.05) is 14.2 Å². The SMILES string of the molecule is COc1cc(C=Cc2cc(O)cc(=O)o2)cc(OC)c1O. The minimum atomic E-state index is -0.643. The lowest BCUT2D eigenvalue weighted by Gasteiger charge is -2.09. The van der Waals surface area contributed by atoms with Crippen LogP contribution >= 0.6 is 0 Å². The summed E-state index contributed by atoms with van der Waals surface area (Å²) < 4.78 is 15.0. The highest BCUT2D eigenvalue weighted by atomic mass is 16.5. The van der Waals surface area contributed by atoms with Gasteiger partial charge in [-0.1, -0.05) is 6.08 Å². The predicted octanol–water partition coefficient (Wildman–Crippen LogP) is 2.24. The Bertz CT molecular complexity index is 704. The van der Waals surface area contributed by atoms with Gasteiger partial charge in [0.1, 0.15) is 11.5 Å². The summed E-state index contributed by atoms with van der Waals surface area (Å²) in [6, 6.07) is 5.47. The van der Waals surface area contributed by atoms with Crippen LogP contribution in [0.3, 0.4) is 0 Å². The standard InChI is InChI=1S/C15H14O6/c1-19-12-5-9(6-13(20-2)15(12)18)3-4-11-7-10(16)8-14(17)21-11/h3-8,16,18H,1-2H3. The van der Waals surface area contributed by atoms with Crippen LogP contribution in [0.5, 0.6) is 23.0 Å². The van der Waals surface area contributed by atoms with E-state index in [0.29, 0.717) is 5.56 Å². The molecule has 0 aliphatic rings. The molecule has 2 N–H and O–H groups in total. The van der Waals surface area contributed by atoms with Crippen molar-refractivity contribution in [2.24, 2.45) is 0 Å². The van der Waals surface area contributed by atoms with Gasteiger partial charge in [0.15, 0.2) is 11.5 Å². The number of phenols is 1. The second kappa shape index (κ2) is 6.04. The molecule has 2 aromatic rings. The van der Waals surface area contributed by atoms with Crippen LogP contribution < -0.4 is 15.1 Å². The second-order valence-corrected chi connectivity index (χ2v) is 4.14. The molecule has 0 bridgehead atoms. The Morgan fingerprint density at radius 2 is 1.62 bits per heavy atom. The summed E-state index contributed by atoms with van der Waals surface area (Å²) in [5.74, 6) is 0.441. The van der Waals surface area contributed by atoms with Crippen molar-refractivity contribution in [1.29, 1.82) is 0 Å². The zero-order valence-electron chi connectivity index (χ0n) is 11.5. The molecule has 0 aliphatic heterocycles. The number of rotatable bonds is 4. The molecule has 0 spiro atoms. The average Bonchev–Trinajstić information content (AvgIpc) is 2.45. The summed E-state index contributed by atoms with van der Waals surface area (Å²) in [7, 11) is 2.85. The lowest BCUT2D eigenvalue weighted by Crippen LogP contribution is -1.95. The molecule has 0 saturated carbocycles. The van der Waals surface area contributed by atoms with Crippen molar-refractivity contribution in [2.45, 2.75) is 0 Å². The number of methoxy groups -OCH3 is 2. The number of phenolic OH excluding ortho intramolecular Hbond substituents is 1. The third-order valence-electron chi connectivity index (χ3n) is 2.72. The van der Waals surface area contributed by atoms with E-state index in [0.717, 1.165) is 6.07 Å². The molecule has 0 amide bonds. The maximum absolute atomic E-state index is 11.1. The summed E-state index contributed by atoms with van der Waals surface area (Å²) in [4.78, 5) is 11.1. The third-order valence-corrected chi connectivity index (χ3v) is 2.72. The minimum Gasteiger partial charge on any atom is -0.508 e. The van der Waals surface area contributed by atoms with E-state index in [-0.39, 0.29) is 28.8 Å². The molecule has 110 valence electrons. The fourth-order valence-electron chi connectivity index (χ4n) is 1.75. The van der Waals surface area contributed by atoms with Gasteiger partial charge in [-0.15, -0.1) is 0 Å². The summed E-state index contributed by atoms with van der Waals surface area (Å²) in [6.07, 6.45) is 3.13. The number of hydrogen-bond donors (Lipinski definition) is 2. The normalized spacial score (nSPS) is 10.8. The van der Waals surface area contributed by atoms with Crippen LogP contribution in [0.4, 0.5) is 0 Å². The largest absolute Gasteiger partial charge is 0.508 e. The van der Waals surface area contributed by atoms with Gasteiger partial charge in [0.25, 0.3) is 0 Å². The first-order valence-corrected chi connectivity index (χ1v) is 6.00. The Morgan fingerprint density at radius 1 is 1.00 bits per heavy atom. The average molecular weight is 290 g/mol. The van der Waals surface area contributed by atoms with E-state index in [1.807, 2.05) is 0 Å². The van der Waals surface area contributed by atoms with E-state index in [4.69, 9.17) is 13.9 Å². The van der Waals surface area contributed by atoms with Crippen LogP contribution in [0.1, 0.15) is 11.3 Å². The first-order chi connectivity index (χ1) is 10.0. The van der Waals surface area contributed by atoms with E-state index in [1.54, 1.807) is 18.2 Å². The molecule has 1 heterocycles. The highest BCUT2D eigenvalue weighted by molar-refractivity contribution is 5.71. The van der Waals surface area contributed by atoms with Crippen molar-refractivity contribution in [3.05, 3.63) is 46.0 Å². The smallest absolute Gasteiger partial charge is 0.339 e. The summed E-state index contributed by atoms with van der Waals surface area (Å²) >= 11 is 0. The Morgan fingerprint density at radius 3 is 2.14 bits per heavy atom. The van der Waals surface area contributed by atoms with Gasteiger partial charge in [-0.25, -0.2) is 4.79 Å². The van der Waals surface area contributed by atoms with Crippen LogP contribution in [0, 0.1) is 0 Å². The molecule has 0 unspecified atom stereocenters. The molecule has 6 nitrogen and oxygen atoms in total. The zero-order valence-corrected chi connectivity index (χ0v) is 11.5. The first-order valence-electron chi connectivity index (χ1n) is 6.00. The Kier molecular flexibility index (Phi) is 4.18. The topological polar surface area (TPSA) is 89.1 Å². The lowest BCUT2D eigenvalue weighted by atomic mass is 10.1. The predicted molar refractivity (Wildman–Crippen MR) is 76.8 cm³/mol. The van der Waals surface area contributed by atoms with Crippen LogP contribution in [0.15, 0.2) is 33.5 Å². The van der Waals surface area contributed by atoms with Crippen molar-refractivity contribution in [3.63, 3.8) is 0 Å². The van der Waals surface area contributed by atoms with Crippen LogP contribution in [0.2, 0.25) is 0 Å². The Balaban J connectivity index is 2.38. The monoisotopic (exact) mass is 290 g/mol. The molecule has 0 aliphatic carbocycles. The molecule has 1 aromatic carbocycles. The highest BCUT2D eigenvalue weighted by Gasteiger charge is 2.09. The number of aromatic hydroxyl groups is 2. The fourth-order valence-corrected chi connectivity index (χ4v) is 1.75. The molecule has 0 radical (unpaired) electrons. The Labute approximate surface area is 120 Å². The van der Waals surface area contributed by atoms with Gasteiger partial charge < -0.3 is 24.1 Å². The maximum atomic E-state index is 11.1. The quantitative estimate of drug-likeness (QED) is 0.897. The second-order valence-electron chi connectivity index (χ2n) is 4.14. The summed E-state index contributed by atoms with van der Waals surface area (Å²) in [6.45, 7) is 0. The van der Waals surface area contributed by atoms with E-state index >= 15 is 0 Å². The van der Waals surface area contributed by atoms with Gasteiger partial charge in [-0.2, -0.15) is 0 Å². The molecule has 2 rings (SSSR count). The van der Waals surface area contributed by atoms with Gasteiger partial charge in [-0.05, 0) is 23.8 Å². The summed E-state index contributed by atoms with van der Waals surface area (Å²) in [5.41, 5.74) is 0.0167. The van der Waals surface area contributed by atoms with E-state index in [1.165, 1.54) is 26.4 Å². The van der Waals surface area contributed by atoms with Crippen molar-refractivity contribution < 1.29 is 24.1 Å². The van der Waals surface area contributed by atoms with Crippen molar-refractivity contribution in [1.82, 2.24) is 0 Å².